The molecule has 166 valence electrons. The van der Waals surface area contributed by atoms with Gasteiger partial charge >= 0.3 is 6.03 Å². The minimum absolute atomic E-state index is 0.0705. The van der Waals surface area contributed by atoms with Crippen LogP contribution in [0.2, 0.25) is 0 Å². The number of benzene rings is 3. The minimum Gasteiger partial charge on any atom is -0.319 e. The van der Waals surface area contributed by atoms with Gasteiger partial charge in [-0.3, -0.25) is 19.3 Å². The van der Waals surface area contributed by atoms with E-state index in [1.54, 1.807) is 36.1 Å². The summed E-state index contributed by atoms with van der Waals surface area (Å²) in [5.74, 6) is -0.738. The van der Waals surface area contributed by atoms with Gasteiger partial charge in [0.2, 0.25) is 5.91 Å². The van der Waals surface area contributed by atoms with Crippen molar-refractivity contribution in [2.24, 2.45) is 0 Å². The number of urea groups is 1. The van der Waals surface area contributed by atoms with Crippen molar-refractivity contribution in [2.75, 3.05) is 18.0 Å². The Balaban J connectivity index is 1.37. The third-order valence-corrected chi connectivity index (χ3v) is 6.48. The fourth-order valence-electron chi connectivity index (χ4n) is 4.67. The van der Waals surface area contributed by atoms with Crippen LogP contribution in [0.4, 0.5) is 10.5 Å². The monoisotopic (exact) mass is 441 g/mol. The molecule has 2 aliphatic heterocycles. The second-order valence-electron chi connectivity index (χ2n) is 8.59. The standard InChI is InChI=1S/C26H23N3O4/c1-26(21-9-4-7-17-6-2-3-8-20(17)21)24(32)29(25(33)27-26)16-22(30)18-11-13-19(14-12-18)28-15-5-10-23(28)31/h2-4,6-9,11-14H,5,10,15-16H2,1H3,(H,27,33)/t26-/m1/s1. The van der Waals surface area contributed by atoms with E-state index in [2.05, 4.69) is 5.32 Å². The zero-order chi connectivity index (χ0) is 23.2. The number of carbonyl (C=O) groups excluding carboxylic acids is 4. The summed E-state index contributed by atoms with van der Waals surface area (Å²) >= 11 is 0. The van der Waals surface area contributed by atoms with Gasteiger partial charge in [0.1, 0.15) is 5.54 Å². The molecule has 0 bridgehead atoms. The molecule has 3 aromatic rings. The maximum absolute atomic E-state index is 13.4. The average molecular weight is 441 g/mol. The van der Waals surface area contributed by atoms with Crippen molar-refractivity contribution in [1.29, 1.82) is 0 Å². The maximum Gasteiger partial charge on any atom is 0.325 e. The first kappa shape index (κ1) is 20.9. The van der Waals surface area contributed by atoms with E-state index in [4.69, 9.17) is 0 Å². The van der Waals surface area contributed by atoms with Crippen molar-refractivity contribution >= 4 is 40.1 Å². The van der Waals surface area contributed by atoms with Crippen LogP contribution in [0.5, 0.6) is 0 Å². The molecule has 2 saturated heterocycles. The average Bonchev–Trinajstić information content (AvgIpc) is 3.35. The lowest BCUT2D eigenvalue weighted by atomic mass is 9.88. The first-order chi connectivity index (χ1) is 15.9. The number of ketones is 1. The number of carbonyl (C=O) groups is 4. The zero-order valence-electron chi connectivity index (χ0n) is 18.2. The molecular formula is C26H23N3O4. The largest absolute Gasteiger partial charge is 0.325 e. The summed E-state index contributed by atoms with van der Waals surface area (Å²) in [6.07, 6.45) is 1.35. The molecule has 0 unspecified atom stereocenters. The number of anilines is 1. The molecule has 7 heteroatoms. The number of nitrogens with one attached hydrogen (secondary N) is 1. The summed E-state index contributed by atoms with van der Waals surface area (Å²) in [7, 11) is 0. The Hall–Kier alpha value is -4.00. The Morgan fingerprint density at radius 2 is 1.70 bits per heavy atom. The summed E-state index contributed by atoms with van der Waals surface area (Å²) in [5.41, 5.74) is 0.545. The van der Waals surface area contributed by atoms with E-state index >= 15 is 0 Å². The Labute approximate surface area is 191 Å². The van der Waals surface area contributed by atoms with Crippen molar-refractivity contribution in [1.82, 2.24) is 10.2 Å². The van der Waals surface area contributed by atoms with Crippen molar-refractivity contribution in [2.45, 2.75) is 25.3 Å². The molecule has 0 aliphatic carbocycles. The molecule has 3 aromatic carbocycles. The van der Waals surface area contributed by atoms with Crippen LogP contribution in [0.15, 0.2) is 66.7 Å². The van der Waals surface area contributed by atoms with E-state index in [0.29, 0.717) is 24.1 Å². The fraction of sp³-hybridized carbons (Fsp3) is 0.231. The van der Waals surface area contributed by atoms with Crippen LogP contribution in [0.1, 0.15) is 35.7 Å². The van der Waals surface area contributed by atoms with Crippen molar-refractivity contribution in [3.05, 3.63) is 77.9 Å². The highest BCUT2D eigenvalue weighted by molar-refractivity contribution is 6.12. The Kier molecular flexibility index (Phi) is 4.96. The molecule has 1 N–H and O–H groups in total. The Morgan fingerprint density at radius 1 is 0.970 bits per heavy atom. The molecule has 2 fully saturated rings. The van der Waals surface area contributed by atoms with Gasteiger partial charge < -0.3 is 10.2 Å². The van der Waals surface area contributed by atoms with Gasteiger partial charge in [-0.05, 0) is 53.9 Å². The summed E-state index contributed by atoms with van der Waals surface area (Å²) in [6.45, 7) is 1.98. The van der Waals surface area contributed by atoms with E-state index in [0.717, 1.165) is 27.8 Å². The van der Waals surface area contributed by atoms with E-state index in [1.807, 2.05) is 42.5 Å². The Morgan fingerprint density at radius 3 is 2.42 bits per heavy atom. The molecule has 33 heavy (non-hydrogen) atoms. The molecule has 1 atom stereocenters. The maximum atomic E-state index is 13.4. The van der Waals surface area contributed by atoms with Crippen LogP contribution in [-0.4, -0.2) is 41.6 Å². The minimum atomic E-state index is -1.27. The zero-order valence-corrected chi connectivity index (χ0v) is 18.2. The topological polar surface area (TPSA) is 86.8 Å². The van der Waals surface area contributed by atoms with Gasteiger partial charge in [-0.25, -0.2) is 4.79 Å². The molecular weight excluding hydrogens is 418 g/mol. The molecule has 0 radical (unpaired) electrons. The van der Waals surface area contributed by atoms with Crippen LogP contribution in [0.25, 0.3) is 10.8 Å². The van der Waals surface area contributed by atoms with Crippen LogP contribution in [0, 0.1) is 0 Å². The van der Waals surface area contributed by atoms with Crippen molar-refractivity contribution < 1.29 is 19.2 Å². The van der Waals surface area contributed by atoms with Gasteiger partial charge in [-0.1, -0.05) is 42.5 Å². The SMILES string of the molecule is C[C@]1(c2cccc3ccccc23)NC(=O)N(CC(=O)c2ccc(N3CCCC3=O)cc2)C1=O. The second kappa shape index (κ2) is 7.85. The van der Waals surface area contributed by atoms with Gasteiger partial charge in [0.05, 0.1) is 6.54 Å². The van der Waals surface area contributed by atoms with E-state index in [-0.39, 0.29) is 18.2 Å². The number of hydrogen-bond donors (Lipinski definition) is 1. The number of Topliss-reactive ketones (excluding diaryl/α,β-unsaturated/α-hetero) is 1. The lowest BCUT2D eigenvalue weighted by molar-refractivity contribution is -0.130. The predicted molar refractivity (Wildman–Crippen MR) is 124 cm³/mol. The lowest BCUT2D eigenvalue weighted by Crippen LogP contribution is -2.41. The quantitative estimate of drug-likeness (QED) is 0.484. The molecule has 0 aromatic heterocycles. The molecule has 7 nitrogen and oxygen atoms in total. The van der Waals surface area contributed by atoms with Crippen LogP contribution >= 0.6 is 0 Å². The number of nitrogens with zero attached hydrogens (tertiary/aromatic N) is 2. The van der Waals surface area contributed by atoms with Crippen molar-refractivity contribution in [3.63, 3.8) is 0 Å². The van der Waals surface area contributed by atoms with Gasteiger partial charge in [-0.2, -0.15) is 0 Å². The number of amides is 4. The second-order valence-corrected chi connectivity index (χ2v) is 8.59. The van der Waals surface area contributed by atoms with Crippen molar-refractivity contribution in [3.8, 4) is 0 Å². The molecule has 0 spiro atoms. The molecule has 2 heterocycles. The van der Waals surface area contributed by atoms with Gasteiger partial charge in [0.15, 0.2) is 5.78 Å². The number of rotatable bonds is 5. The first-order valence-corrected chi connectivity index (χ1v) is 10.9. The molecule has 0 saturated carbocycles. The van der Waals surface area contributed by atoms with E-state index in [9.17, 15) is 19.2 Å². The highest BCUT2D eigenvalue weighted by atomic mass is 16.2. The van der Waals surface area contributed by atoms with Gasteiger partial charge in [0, 0.05) is 24.2 Å². The predicted octanol–water partition coefficient (Wildman–Crippen LogP) is 3.62. The van der Waals surface area contributed by atoms with Gasteiger partial charge in [0.25, 0.3) is 5.91 Å². The van der Waals surface area contributed by atoms with Gasteiger partial charge in [-0.15, -0.1) is 0 Å². The molecule has 5 rings (SSSR count). The smallest absolute Gasteiger partial charge is 0.319 e. The number of imide groups is 1. The lowest BCUT2D eigenvalue weighted by Gasteiger charge is -2.24. The molecule has 4 amide bonds. The van der Waals surface area contributed by atoms with Crippen LogP contribution in [-0.2, 0) is 15.1 Å². The fourth-order valence-corrected chi connectivity index (χ4v) is 4.67. The van der Waals surface area contributed by atoms with Crippen LogP contribution < -0.4 is 10.2 Å². The summed E-state index contributed by atoms with van der Waals surface area (Å²) < 4.78 is 0. The molecule has 2 aliphatic rings. The number of hydrogen-bond acceptors (Lipinski definition) is 4. The highest BCUT2D eigenvalue weighted by Gasteiger charge is 2.50. The normalized spacial score (nSPS) is 20.6. The first-order valence-electron chi connectivity index (χ1n) is 10.9. The van der Waals surface area contributed by atoms with E-state index < -0.39 is 17.5 Å². The Bertz CT molecular complexity index is 1300. The summed E-state index contributed by atoms with van der Waals surface area (Å²) in [4.78, 5) is 53.6. The van der Waals surface area contributed by atoms with Crippen LogP contribution in [0.3, 0.4) is 0 Å². The highest BCUT2D eigenvalue weighted by Crippen LogP contribution is 2.34. The number of fused-ring (bicyclic) bond motifs is 1. The summed E-state index contributed by atoms with van der Waals surface area (Å²) in [5, 5.41) is 4.62. The third-order valence-electron chi connectivity index (χ3n) is 6.48. The summed E-state index contributed by atoms with van der Waals surface area (Å²) in [6, 6.07) is 19.4. The third kappa shape index (κ3) is 3.46. The van der Waals surface area contributed by atoms with E-state index in [1.165, 1.54) is 0 Å².